The number of hydrogen-bond donors (Lipinski definition) is 0. The van der Waals surface area contributed by atoms with E-state index in [0.717, 1.165) is 13.0 Å². The first-order valence-electron chi connectivity index (χ1n) is 3.95. The van der Waals surface area contributed by atoms with Gasteiger partial charge in [0.05, 0.1) is 12.9 Å². The summed E-state index contributed by atoms with van der Waals surface area (Å²) < 4.78 is 10.3. The van der Waals surface area contributed by atoms with E-state index in [1.807, 2.05) is 12.1 Å². The van der Waals surface area contributed by atoms with Crippen LogP contribution in [0.5, 0.6) is 5.95 Å². The van der Waals surface area contributed by atoms with Gasteiger partial charge in [-0.15, -0.1) is 0 Å². The van der Waals surface area contributed by atoms with Crippen molar-refractivity contribution < 1.29 is 9.15 Å². The second-order valence-corrected chi connectivity index (χ2v) is 2.96. The van der Waals surface area contributed by atoms with E-state index in [9.17, 15) is 0 Å². The lowest BCUT2D eigenvalue weighted by Crippen LogP contribution is -2.00. The largest absolute Gasteiger partial charge is 0.465 e. The topological polar surface area (TPSA) is 22.4 Å². The summed E-state index contributed by atoms with van der Waals surface area (Å²) in [6, 6.07) is 3.64. The zero-order chi connectivity index (χ0) is 8.10. The second-order valence-electron chi connectivity index (χ2n) is 2.96. The van der Waals surface area contributed by atoms with Crippen molar-refractivity contribution in [2.45, 2.75) is 20.3 Å². The van der Waals surface area contributed by atoms with Gasteiger partial charge in [-0.3, -0.25) is 0 Å². The van der Waals surface area contributed by atoms with E-state index in [-0.39, 0.29) is 0 Å². The summed E-state index contributed by atoms with van der Waals surface area (Å²) in [5, 5.41) is 0. The lowest BCUT2D eigenvalue weighted by atomic mass is 10.1. The van der Waals surface area contributed by atoms with E-state index in [4.69, 9.17) is 9.15 Å². The van der Waals surface area contributed by atoms with Crippen molar-refractivity contribution in [1.29, 1.82) is 0 Å². The molecule has 0 atom stereocenters. The Hall–Kier alpha value is -0.920. The molecule has 1 rings (SSSR count). The third kappa shape index (κ3) is 3.12. The molecule has 0 unspecified atom stereocenters. The number of furan rings is 1. The quantitative estimate of drug-likeness (QED) is 0.665. The summed E-state index contributed by atoms with van der Waals surface area (Å²) in [7, 11) is 0. The molecule has 1 aromatic heterocycles. The molecule has 62 valence electrons. The predicted molar refractivity (Wildman–Crippen MR) is 43.7 cm³/mol. The zero-order valence-corrected chi connectivity index (χ0v) is 7.04. The Morgan fingerprint density at radius 3 is 2.91 bits per heavy atom. The maximum absolute atomic E-state index is 5.29. The predicted octanol–water partition coefficient (Wildman–Crippen LogP) is 2.70. The van der Waals surface area contributed by atoms with Crippen LogP contribution in [0.4, 0.5) is 0 Å². The fourth-order valence-corrected chi connectivity index (χ4v) is 0.741. The van der Waals surface area contributed by atoms with Crippen LogP contribution >= 0.6 is 0 Å². The molecule has 2 heteroatoms. The van der Waals surface area contributed by atoms with Crippen molar-refractivity contribution in [2.24, 2.45) is 5.92 Å². The molecule has 1 aromatic rings. The number of rotatable bonds is 4. The van der Waals surface area contributed by atoms with Crippen LogP contribution in [0.2, 0.25) is 0 Å². The van der Waals surface area contributed by atoms with Gasteiger partial charge in [0.1, 0.15) is 0 Å². The zero-order valence-electron chi connectivity index (χ0n) is 7.04. The highest BCUT2D eigenvalue weighted by Crippen LogP contribution is 2.10. The van der Waals surface area contributed by atoms with Crippen LogP contribution in [0.3, 0.4) is 0 Å². The van der Waals surface area contributed by atoms with Crippen LogP contribution in [-0.2, 0) is 0 Å². The molecule has 2 nitrogen and oxygen atoms in total. The van der Waals surface area contributed by atoms with E-state index in [2.05, 4.69) is 13.8 Å². The van der Waals surface area contributed by atoms with Crippen LogP contribution < -0.4 is 4.74 Å². The first-order valence-corrected chi connectivity index (χ1v) is 3.95. The molecule has 0 saturated heterocycles. The van der Waals surface area contributed by atoms with Gasteiger partial charge < -0.3 is 9.15 Å². The van der Waals surface area contributed by atoms with Crippen molar-refractivity contribution in [3.8, 4) is 5.95 Å². The summed E-state index contributed by atoms with van der Waals surface area (Å²) in [5.41, 5.74) is 0. The maximum atomic E-state index is 5.29. The Morgan fingerprint density at radius 2 is 2.36 bits per heavy atom. The van der Waals surface area contributed by atoms with Crippen LogP contribution in [0.1, 0.15) is 20.3 Å². The van der Waals surface area contributed by atoms with Gasteiger partial charge in [0.15, 0.2) is 0 Å². The van der Waals surface area contributed by atoms with Gasteiger partial charge >= 0.3 is 0 Å². The lowest BCUT2D eigenvalue weighted by Gasteiger charge is -2.03. The summed E-state index contributed by atoms with van der Waals surface area (Å²) in [5.74, 6) is 1.30. The Balaban J connectivity index is 2.14. The Morgan fingerprint density at radius 1 is 1.55 bits per heavy atom. The summed E-state index contributed by atoms with van der Waals surface area (Å²) in [4.78, 5) is 0. The molecule has 0 bridgehead atoms. The van der Waals surface area contributed by atoms with Gasteiger partial charge in [0.25, 0.3) is 5.95 Å². The maximum Gasteiger partial charge on any atom is 0.284 e. The minimum atomic E-state index is 0.616. The smallest absolute Gasteiger partial charge is 0.284 e. The van der Waals surface area contributed by atoms with Crippen molar-refractivity contribution in [3.63, 3.8) is 0 Å². The first-order chi connectivity index (χ1) is 5.29. The molecular weight excluding hydrogens is 140 g/mol. The molecule has 0 aliphatic heterocycles. The molecule has 11 heavy (non-hydrogen) atoms. The third-order valence-electron chi connectivity index (χ3n) is 1.43. The fraction of sp³-hybridized carbons (Fsp3) is 0.556. The number of hydrogen-bond acceptors (Lipinski definition) is 2. The van der Waals surface area contributed by atoms with Gasteiger partial charge in [0, 0.05) is 6.07 Å². The second kappa shape index (κ2) is 4.06. The highest BCUT2D eigenvalue weighted by molar-refractivity contribution is 5.03. The van der Waals surface area contributed by atoms with Crippen molar-refractivity contribution >= 4 is 0 Å². The highest BCUT2D eigenvalue weighted by Gasteiger charge is 1.96. The lowest BCUT2D eigenvalue weighted by molar-refractivity contribution is 0.227. The van der Waals surface area contributed by atoms with Gasteiger partial charge in [-0.1, -0.05) is 13.8 Å². The summed E-state index contributed by atoms with van der Waals surface area (Å²) in [6.07, 6.45) is 2.69. The van der Waals surface area contributed by atoms with E-state index >= 15 is 0 Å². The van der Waals surface area contributed by atoms with Crippen LogP contribution in [-0.4, -0.2) is 6.61 Å². The monoisotopic (exact) mass is 154 g/mol. The molecule has 0 fully saturated rings. The molecule has 0 aromatic carbocycles. The average Bonchev–Trinajstić information content (AvgIpc) is 2.39. The Labute approximate surface area is 67.2 Å². The SMILES string of the molecule is CC(C)CCOc1ccco1. The molecular formula is C9H14O2. The molecule has 0 aliphatic carbocycles. The minimum Gasteiger partial charge on any atom is -0.465 e. The molecule has 0 spiro atoms. The normalized spacial score (nSPS) is 10.5. The van der Waals surface area contributed by atoms with Crippen molar-refractivity contribution in [2.75, 3.05) is 6.61 Å². The molecule has 1 heterocycles. The van der Waals surface area contributed by atoms with Gasteiger partial charge in [-0.2, -0.15) is 0 Å². The fourth-order valence-electron chi connectivity index (χ4n) is 0.741. The van der Waals surface area contributed by atoms with E-state index in [1.54, 1.807) is 6.26 Å². The molecule has 0 amide bonds. The van der Waals surface area contributed by atoms with E-state index in [0.29, 0.717) is 11.9 Å². The summed E-state index contributed by atoms with van der Waals surface area (Å²) in [6.45, 7) is 5.09. The van der Waals surface area contributed by atoms with Gasteiger partial charge in [0.2, 0.25) is 0 Å². The minimum absolute atomic E-state index is 0.616. The highest BCUT2D eigenvalue weighted by atomic mass is 16.6. The van der Waals surface area contributed by atoms with Crippen LogP contribution in [0.15, 0.2) is 22.8 Å². The average molecular weight is 154 g/mol. The van der Waals surface area contributed by atoms with Crippen LogP contribution in [0.25, 0.3) is 0 Å². The van der Waals surface area contributed by atoms with Crippen molar-refractivity contribution in [3.05, 3.63) is 18.4 Å². The summed E-state index contributed by atoms with van der Waals surface area (Å²) >= 11 is 0. The van der Waals surface area contributed by atoms with E-state index < -0.39 is 0 Å². The van der Waals surface area contributed by atoms with Gasteiger partial charge in [-0.25, -0.2) is 0 Å². The van der Waals surface area contributed by atoms with Gasteiger partial charge in [-0.05, 0) is 18.4 Å². The Kier molecular flexibility index (Phi) is 3.02. The standard InChI is InChI=1S/C9H14O2/c1-8(2)5-7-11-9-4-3-6-10-9/h3-4,6,8H,5,7H2,1-2H3. The third-order valence-corrected chi connectivity index (χ3v) is 1.43. The molecule has 0 aliphatic rings. The molecule has 0 radical (unpaired) electrons. The molecule has 0 N–H and O–H groups in total. The van der Waals surface area contributed by atoms with Crippen LogP contribution in [0, 0.1) is 5.92 Å². The number of ether oxygens (including phenoxy) is 1. The van der Waals surface area contributed by atoms with E-state index in [1.165, 1.54) is 0 Å². The van der Waals surface area contributed by atoms with Crippen molar-refractivity contribution in [1.82, 2.24) is 0 Å². The molecule has 0 saturated carbocycles. The first kappa shape index (κ1) is 8.18. The Bertz CT molecular complexity index is 177.